The average Bonchev–Trinajstić information content (AvgIpc) is 2.94. The van der Waals surface area contributed by atoms with E-state index in [4.69, 9.17) is 0 Å². The number of nitrogens with one attached hydrogen (secondary N) is 2. The third-order valence-electron chi connectivity index (χ3n) is 4.39. The number of H-pyrrole nitrogens is 1. The molecular formula is C17H20N2O2. The van der Waals surface area contributed by atoms with Gasteiger partial charge in [0.05, 0.1) is 0 Å². The minimum Gasteiger partial charge on any atom is -0.351 e. The van der Waals surface area contributed by atoms with Gasteiger partial charge in [-0.2, -0.15) is 0 Å². The minimum absolute atomic E-state index is 0.0370. The zero-order valence-electron chi connectivity index (χ0n) is 12.0. The Labute approximate surface area is 123 Å². The van der Waals surface area contributed by atoms with E-state index in [1.54, 1.807) is 0 Å². The van der Waals surface area contributed by atoms with E-state index in [0.29, 0.717) is 18.0 Å². The van der Waals surface area contributed by atoms with E-state index in [0.717, 1.165) is 42.9 Å². The van der Waals surface area contributed by atoms with E-state index in [-0.39, 0.29) is 11.9 Å². The summed E-state index contributed by atoms with van der Waals surface area (Å²) in [5.74, 6) is 0.466. The van der Waals surface area contributed by atoms with Crippen molar-refractivity contribution in [1.29, 1.82) is 0 Å². The summed E-state index contributed by atoms with van der Waals surface area (Å²) < 4.78 is 0. The van der Waals surface area contributed by atoms with Crippen LogP contribution >= 0.6 is 0 Å². The van der Waals surface area contributed by atoms with Crippen molar-refractivity contribution >= 4 is 23.1 Å². The lowest BCUT2D eigenvalue weighted by Crippen LogP contribution is -2.37. The molecule has 1 saturated carbocycles. The molecule has 0 aliphatic heterocycles. The van der Waals surface area contributed by atoms with Crippen LogP contribution in [-0.4, -0.2) is 23.2 Å². The van der Waals surface area contributed by atoms with Gasteiger partial charge in [-0.05, 0) is 43.7 Å². The Morgan fingerprint density at radius 2 is 2.00 bits per heavy atom. The molecule has 2 N–H and O–H groups in total. The van der Waals surface area contributed by atoms with Gasteiger partial charge in [0.1, 0.15) is 12.0 Å². The highest BCUT2D eigenvalue weighted by Crippen LogP contribution is 2.26. The summed E-state index contributed by atoms with van der Waals surface area (Å²) in [6, 6.07) is 10.0. The molecule has 0 unspecified atom stereocenters. The molecular weight excluding hydrogens is 264 g/mol. The van der Waals surface area contributed by atoms with Crippen molar-refractivity contribution in [1.82, 2.24) is 10.3 Å². The summed E-state index contributed by atoms with van der Waals surface area (Å²) in [5.41, 5.74) is 1.60. The van der Waals surface area contributed by atoms with Crippen molar-refractivity contribution in [2.24, 2.45) is 5.92 Å². The second kappa shape index (κ2) is 6.12. The van der Waals surface area contributed by atoms with Crippen molar-refractivity contribution in [3.8, 4) is 0 Å². The number of aromatic amines is 1. The molecule has 0 radical (unpaired) electrons. The molecule has 1 amide bonds. The van der Waals surface area contributed by atoms with Crippen molar-refractivity contribution in [2.75, 3.05) is 0 Å². The van der Waals surface area contributed by atoms with Gasteiger partial charge in [0, 0.05) is 23.4 Å². The van der Waals surface area contributed by atoms with E-state index in [9.17, 15) is 9.59 Å². The highest BCUT2D eigenvalue weighted by atomic mass is 16.2. The first-order valence-corrected chi connectivity index (χ1v) is 7.58. The van der Waals surface area contributed by atoms with E-state index in [2.05, 4.69) is 10.3 Å². The Hall–Kier alpha value is -2.10. The van der Waals surface area contributed by atoms with Crippen molar-refractivity contribution in [3.63, 3.8) is 0 Å². The fourth-order valence-corrected chi connectivity index (χ4v) is 3.14. The first-order chi connectivity index (χ1) is 10.3. The lowest BCUT2D eigenvalue weighted by atomic mass is 9.84. The van der Waals surface area contributed by atoms with Crippen LogP contribution in [0.15, 0.2) is 30.3 Å². The van der Waals surface area contributed by atoms with Gasteiger partial charge in [-0.15, -0.1) is 0 Å². The van der Waals surface area contributed by atoms with Gasteiger partial charge in [0.2, 0.25) is 0 Å². The van der Waals surface area contributed by atoms with Crippen LogP contribution in [0.3, 0.4) is 0 Å². The third kappa shape index (κ3) is 3.15. The van der Waals surface area contributed by atoms with Crippen LogP contribution in [0.25, 0.3) is 10.9 Å². The van der Waals surface area contributed by atoms with E-state index >= 15 is 0 Å². The smallest absolute Gasteiger partial charge is 0.267 e. The quantitative estimate of drug-likeness (QED) is 0.848. The highest BCUT2D eigenvalue weighted by molar-refractivity contribution is 5.98. The van der Waals surface area contributed by atoms with E-state index in [1.165, 1.54) is 0 Å². The number of carbonyl (C=O) groups excluding carboxylic acids is 2. The van der Waals surface area contributed by atoms with E-state index in [1.807, 2.05) is 30.3 Å². The highest BCUT2D eigenvalue weighted by Gasteiger charge is 2.22. The fraction of sp³-hybridized carbons (Fsp3) is 0.412. The van der Waals surface area contributed by atoms with Crippen molar-refractivity contribution in [3.05, 3.63) is 36.0 Å². The van der Waals surface area contributed by atoms with Crippen LogP contribution < -0.4 is 5.32 Å². The molecule has 1 aromatic heterocycles. The molecule has 0 atom stereocenters. The molecule has 0 spiro atoms. The Morgan fingerprint density at radius 1 is 1.24 bits per heavy atom. The topological polar surface area (TPSA) is 62.0 Å². The first-order valence-electron chi connectivity index (χ1n) is 7.58. The average molecular weight is 284 g/mol. The van der Waals surface area contributed by atoms with Crippen LogP contribution in [0.2, 0.25) is 0 Å². The normalized spacial score (nSPS) is 22.1. The zero-order valence-corrected chi connectivity index (χ0v) is 12.0. The largest absolute Gasteiger partial charge is 0.351 e. The molecule has 110 valence electrons. The lowest BCUT2D eigenvalue weighted by molar-refractivity contribution is -0.108. The lowest BCUT2D eigenvalue weighted by Gasteiger charge is -2.27. The summed E-state index contributed by atoms with van der Waals surface area (Å²) >= 11 is 0. The van der Waals surface area contributed by atoms with Gasteiger partial charge in [-0.25, -0.2) is 0 Å². The van der Waals surface area contributed by atoms with Gasteiger partial charge in [-0.1, -0.05) is 18.2 Å². The maximum Gasteiger partial charge on any atom is 0.267 e. The molecule has 4 nitrogen and oxygen atoms in total. The van der Waals surface area contributed by atoms with Gasteiger partial charge >= 0.3 is 0 Å². The number of amides is 1. The number of carbonyl (C=O) groups is 2. The first kappa shape index (κ1) is 13.9. The number of hydrogen-bond acceptors (Lipinski definition) is 2. The zero-order chi connectivity index (χ0) is 14.7. The molecule has 1 aliphatic rings. The second-order valence-corrected chi connectivity index (χ2v) is 5.86. The minimum atomic E-state index is -0.0370. The number of fused-ring (bicyclic) bond motifs is 1. The Bertz CT molecular complexity index is 606. The number of hydrogen-bond donors (Lipinski definition) is 2. The molecule has 1 aromatic carbocycles. The summed E-state index contributed by atoms with van der Waals surface area (Å²) in [6.07, 6.45) is 5.64. The third-order valence-corrected chi connectivity index (χ3v) is 4.39. The standard InChI is InChI=1S/C17H20N2O2/c20-10-9-12-5-7-14(8-6-12)18-17(21)16-11-13-3-1-2-4-15(13)19-16/h1-4,10-12,14,19H,5-9H2,(H,18,21). The number of rotatable bonds is 4. The molecule has 0 bridgehead atoms. The van der Waals surface area contributed by atoms with Crippen molar-refractivity contribution in [2.45, 2.75) is 38.1 Å². The number of aldehydes is 1. The molecule has 3 rings (SSSR count). The van der Waals surface area contributed by atoms with Gasteiger partial charge in [0.25, 0.3) is 5.91 Å². The van der Waals surface area contributed by atoms with Crippen molar-refractivity contribution < 1.29 is 9.59 Å². The maximum absolute atomic E-state index is 12.3. The summed E-state index contributed by atoms with van der Waals surface area (Å²) in [6.45, 7) is 0. The van der Waals surface area contributed by atoms with Gasteiger partial charge in [0.15, 0.2) is 0 Å². The fourth-order valence-electron chi connectivity index (χ4n) is 3.14. The van der Waals surface area contributed by atoms with Crippen LogP contribution in [0.1, 0.15) is 42.6 Å². The van der Waals surface area contributed by atoms with Crippen LogP contribution in [0.5, 0.6) is 0 Å². The van der Waals surface area contributed by atoms with Crippen LogP contribution in [0, 0.1) is 5.92 Å². The maximum atomic E-state index is 12.3. The van der Waals surface area contributed by atoms with Gasteiger partial charge < -0.3 is 15.1 Å². The molecule has 1 heterocycles. The summed E-state index contributed by atoms with van der Waals surface area (Å²) in [4.78, 5) is 26.0. The van der Waals surface area contributed by atoms with E-state index < -0.39 is 0 Å². The second-order valence-electron chi connectivity index (χ2n) is 5.86. The van der Waals surface area contributed by atoms with Crippen LogP contribution in [0.4, 0.5) is 0 Å². The summed E-state index contributed by atoms with van der Waals surface area (Å²) in [5, 5.41) is 4.15. The number of para-hydroxylation sites is 1. The Balaban J connectivity index is 1.60. The predicted molar refractivity (Wildman–Crippen MR) is 82.2 cm³/mol. The number of benzene rings is 1. The molecule has 1 fully saturated rings. The predicted octanol–water partition coefficient (Wildman–Crippen LogP) is 3.05. The summed E-state index contributed by atoms with van der Waals surface area (Å²) in [7, 11) is 0. The Kier molecular flexibility index (Phi) is 4.04. The van der Waals surface area contributed by atoms with Gasteiger partial charge in [-0.3, -0.25) is 4.79 Å². The molecule has 2 aromatic rings. The Morgan fingerprint density at radius 3 is 2.71 bits per heavy atom. The molecule has 21 heavy (non-hydrogen) atoms. The molecule has 1 aliphatic carbocycles. The molecule has 0 saturated heterocycles. The molecule has 4 heteroatoms. The number of aromatic nitrogens is 1. The monoisotopic (exact) mass is 284 g/mol. The van der Waals surface area contributed by atoms with Crippen LogP contribution in [-0.2, 0) is 4.79 Å². The SMILES string of the molecule is O=CCC1CCC(NC(=O)c2cc3ccccc3[nH]2)CC1.